The molecule has 142 valence electrons. The van der Waals surface area contributed by atoms with Gasteiger partial charge in [0.2, 0.25) is 5.91 Å². The van der Waals surface area contributed by atoms with Gasteiger partial charge in [-0.25, -0.2) is 14.5 Å². The number of carbonyl (C=O) groups is 1. The first kappa shape index (κ1) is 17.9. The third-order valence-corrected chi connectivity index (χ3v) is 5.10. The molecule has 1 unspecified atom stereocenters. The van der Waals surface area contributed by atoms with Gasteiger partial charge in [-0.1, -0.05) is 0 Å². The highest BCUT2D eigenvalue weighted by Gasteiger charge is 2.27. The number of aromatic nitrogens is 5. The first-order valence-corrected chi connectivity index (χ1v) is 9.15. The molecule has 1 aliphatic heterocycles. The SMILES string of the molecule is CN(c1ccnc(-c2cnn3ccncc23)n1)C1CCCN(C(=O)CC#N)C1. The van der Waals surface area contributed by atoms with E-state index in [1.165, 1.54) is 0 Å². The van der Waals surface area contributed by atoms with Crippen LogP contribution in [-0.2, 0) is 4.79 Å². The summed E-state index contributed by atoms with van der Waals surface area (Å²) in [5.41, 5.74) is 1.66. The van der Waals surface area contributed by atoms with Crippen molar-refractivity contribution in [1.82, 2.24) is 29.5 Å². The van der Waals surface area contributed by atoms with Crippen molar-refractivity contribution in [2.75, 3.05) is 25.0 Å². The molecular formula is C19H20N8O. The number of nitrogens with zero attached hydrogens (tertiary/aromatic N) is 8. The van der Waals surface area contributed by atoms with Gasteiger partial charge in [-0.15, -0.1) is 0 Å². The highest BCUT2D eigenvalue weighted by molar-refractivity contribution is 5.78. The number of piperidine rings is 1. The van der Waals surface area contributed by atoms with Crippen molar-refractivity contribution in [3.8, 4) is 17.5 Å². The molecule has 1 amide bonds. The molecule has 9 nitrogen and oxygen atoms in total. The Hall–Kier alpha value is -3.54. The van der Waals surface area contributed by atoms with Gasteiger partial charge in [-0.3, -0.25) is 9.78 Å². The molecule has 0 aromatic carbocycles. The molecule has 0 radical (unpaired) electrons. The second kappa shape index (κ2) is 7.60. The van der Waals surface area contributed by atoms with E-state index in [-0.39, 0.29) is 18.4 Å². The zero-order valence-corrected chi connectivity index (χ0v) is 15.6. The summed E-state index contributed by atoms with van der Waals surface area (Å²) in [6, 6.07) is 3.95. The zero-order chi connectivity index (χ0) is 19.5. The van der Waals surface area contributed by atoms with E-state index in [9.17, 15) is 4.79 Å². The predicted molar refractivity (Wildman–Crippen MR) is 102 cm³/mol. The standard InChI is InChI=1S/C19H20N8O/c1-25(14-3-2-9-26(13-14)18(28)4-6-20)17-5-7-22-19(24-17)15-11-23-27-10-8-21-12-16(15)27/h5,7-8,10-12,14H,2-4,9,13H2,1H3. The van der Waals surface area contributed by atoms with Crippen LogP contribution < -0.4 is 4.90 Å². The summed E-state index contributed by atoms with van der Waals surface area (Å²) < 4.78 is 1.74. The lowest BCUT2D eigenvalue weighted by molar-refractivity contribution is -0.131. The number of rotatable bonds is 4. The quantitative estimate of drug-likeness (QED) is 0.680. The molecule has 9 heteroatoms. The van der Waals surface area contributed by atoms with Crippen molar-refractivity contribution in [3.63, 3.8) is 0 Å². The first-order chi connectivity index (χ1) is 13.7. The fraction of sp³-hybridized carbons (Fsp3) is 0.368. The molecule has 1 fully saturated rings. The molecule has 3 aromatic rings. The summed E-state index contributed by atoms with van der Waals surface area (Å²) in [5, 5.41) is 13.1. The fourth-order valence-electron chi connectivity index (χ4n) is 3.55. The van der Waals surface area contributed by atoms with Crippen LogP contribution in [0.3, 0.4) is 0 Å². The topological polar surface area (TPSA) is 103 Å². The third-order valence-electron chi connectivity index (χ3n) is 5.10. The van der Waals surface area contributed by atoms with Gasteiger partial charge in [0.15, 0.2) is 5.82 Å². The third kappa shape index (κ3) is 3.36. The second-order valence-corrected chi connectivity index (χ2v) is 6.78. The van der Waals surface area contributed by atoms with Crippen LogP contribution in [0.1, 0.15) is 19.3 Å². The molecule has 0 aliphatic carbocycles. The summed E-state index contributed by atoms with van der Waals surface area (Å²) in [7, 11) is 1.98. The minimum absolute atomic E-state index is 0.0726. The lowest BCUT2D eigenvalue weighted by Gasteiger charge is -2.38. The summed E-state index contributed by atoms with van der Waals surface area (Å²) in [5.74, 6) is 1.26. The molecule has 0 saturated carbocycles. The normalized spacial score (nSPS) is 16.7. The van der Waals surface area contributed by atoms with Crippen molar-refractivity contribution >= 4 is 17.2 Å². The van der Waals surface area contributed by atoms with Crippen LogP contribution in [0, 0.1) is 11.3 Å². The van der Waals surface area contributed by atoms with Crippen molar-refractivity contribution in [2.24, 2.45) is 0 Å². The van der Waals surface area contributed by atoms with E-state index >= 15 is 0 Å². The van der Waals surface area contributed by atoms with E-state index in [2.05, 4.69) is 20.0 Å². The highest BCUT2D eigenvalue weighted by atomic mass is 16.2. The number of hydrogen-bond donors (Lipinski definition) is 0. The van der Waals surface area contributed by atoms with E-state index in [0.717, 1.165) is 29.7 Å². The van der Waals surface area contributed by atoms with Crippen molar-refractivity contribution < 1.29 is 4.79 Å². The Morgan fingerprint density at radius 3 is 3.14 bits per heavy atom. The van der Waals surface area contributed by atoms with E-state index in [4.69, 9.17) is 10.2 Å². The number of amides is 1. The molecule has 4 rings (SSSR count). The Labute approximate surface area is 162 Å². The molecule has 4 heterocycles. The van der Waals surface area contributed by atoms with Crippen molar-refractivity contribution in [1.29, 1.82) is 5.26 Å². The Morgan fingerprint density at radius 2 is 2.29 bits per heavy atom. The maximum absolute atomic E-state index is 12.1. The summed E-state index contributed by atoms with van der Waals surface area (Å²) in [6.45, 7) is 1.30. The average molecular weight is 376 g/mol. The van der Waals surface area contributed by atoms with Crippen LogP contribution in [0.5, 0.6) is 0 Å². The van der Waals surface area contributed by atoms with Crippen LogP contribution in [0.25, 0.3) is 16.9 Å². The maximum atomic E-state index is 12.1. The van der Waals surface area contributed by atoms with Crippen LogP contribution in [-0.4, -0.2) is 61.6 Å². The Balaban J connectivity index is 1.57. The molecule has 3 aromatic heterocycles. The highest BCUT2D eigenvalue weighted by Crippen LogP contribution is 2.24. The van der Waals surface area contributed by atoms with Crippen LogP contribution in [0.2, 0.25) is 0 Å². The molecular weight excluding hydrogens is 356 g/mol. The number of fused-ring (bicyclic) bond motifs is 1. The Morgan fingerprint density at radius 1 is 1.39 bits per heavy atom. The molecule has 1 saturated heterocycles. The predicted octanol–water partition coefficient (Wildman–Crippen LogP) is 1.53. The van der Waals surface area contributed by atoms with Gasteiger partial charge in [0.05, 0.1) is 29.5 Å². The van der Waals surface area contributed by atoms with Gasteiger partial charge in [-0.2, -0.15) is 10.4 Å². The Kier molecular flexibility index (Phi) is 4.85. The van der Waals surface area contributed by atoms with Gasteiger partial charge in [-0.05, 0) is 18.9 Å². The van der Waals surface area contributed by atoms with Crippen molar-refractivity contribution in [2.45, 2.75) is 25.3 Å². The largest absolute Gasteiger partial charge is 0.355 e. The first-order valence-electron chi connectivity index (χ1n) is 9.15. The Bertz CT molecular complexity index is 1040. The minimum Gasteiger partial charge on any atom is -0.355 e. The van der Waals surface area contributed by atoms with Crippen molar-refractivity contribution in [3.05, 3.63) is 37.1 Å². The van der Waals surface area contributed by atoms with E-state index < -0.39 is 0 Å². The monoisotopic (exact) mass is 376 g/mol. The molecule has 1 atom stereocenters. The number of likely N-dealkylation sites (tertiary alicyclic amines) is 1. The fourth-order valence-corrected chi connectivity index (χ4v) is 3.55. The molecule has 28 heavy (non-hydrogen) atoms. The second-order valence-electron chi connectivity index (χ2n) is 6.78. The number of nitriles is 1. The smallest absolute Gasteiger partial charge is 0.236 e. The lowest BCUT2D eigenvalue weighted by atomic mass is 10.0. The number of hydrogen-bond acceptors (Lipinski definition) is 7. The minimum atomic E-state index is -0.108. The summed E-state index contributed by atoms with van der Waals surface area (Å²) >= 11 is 0. The molecule has 0 spiro atoms. The molecule has 0 N–H and O–H groups in total. The van der Waals surface area contributed by atoms with Crippen LogP contribution >= 0.6 is 0 Å². The van der Waals surface area contributed by atoms with Gasteiger partial charge >= 0.3 is 0 Å². The van der Waals surface area contributed by atoms with E-state index in [0.29, 0.717) is 18.9 Å². The molecule has 1 aliphatic rings. The summed E-state index contributed by atoms with van der Waals surface area (Å²) in [4.78, 5) is 29.2. The van der Waals surface area contributed by atoms with E-state index in [1.54, 1.807) is 40.4 Å². The van der Waals surface area contributed by atoms with Gasteiger partial charge in [0.25, 0.3) is 0 Å². The number of carbonyl (C=O) groups excluding carboxylic acids is 1. The number of anilines is 1. The zero-order valence-electron chi connectivity index (χ0n) is 15.6. The maximum Gasteiger partial charge on any atom is 0.236 e. The molecule has 0 bridgehead atoms. The van der Waals surface area contributed by atoms with Gasteiger partial charge in [0, 0.05) is 44.8 Å². The van der Waals surface area contributed by atoms with Crippen LogP contribution in [0.15, 0.2) is 37.1 Å². The van der Waals surface area contributed by atoms with Gasteiger partial charge < -0.3 is 9.80 Å². The average Bonchev–Trinajstić information content (AvgIpc) is 3.18. The van der Waals surface area contributed by atoms with Gasteiger partial charge in [0.1, 0.15) is 12.2 Å². The number of likely N-dealkylation sites (N-methyl/N-ethyl adjacent to an activating group) is 1. The summed E-state index contributed by atoms with van der Waals surface area (Å²) in [6.07, 6.45) is 10.5. The van der Waals surface area contributed by atoms with E-state index in [1.807, 2.05) is 19.2 Å². The lowest BCUT2D eigenvalue weighted by Crippen LogP contribution is -2.48. The van der Waals surface area contributed by atoms with Crippen LogP contribution in [0.4, 0.5) is 5.82 Å².